The van der Waals surface area contributed by atoms with Gasteiger partial charge in [0, 0.05) is 10.4 Å². The van der Waals surface area contributed by atoms with Crippen molar-refractivity contribution in [1.29, 1.82) is 0 Å². The lowest BCUT2D eigenvalue weighted by Gasteiger charge is -1.88. The minimum absolute atomic E-state index is 0.113. The van der Waals surface area contributed by atoms with Crippen LogP contribution in [0.1, 0.15) is 0 Å². The number of hydrogen-bond acceptors (Lipinski definition) is 2. The van der Waals surface area contributed by atoms with Gasteiger partial charge in [-0.15, -0.1) is 0 Å². The molecule has 1 heterocycles. The summed E-state index contributed by atoms with van der Waals surface area (Å²) in [5, 5.41) is 22.9. The molecule has 0 unspecified atom stereocenters. The first-order valence-corrected chi connectivity index (χ1v) is 3.22. The van der Waals surface area contributed by atoms with E-state index in [0.29, 0.717) is 10.4 Å². The number of aliphatic hydroxyl groups is 2. The second-order valence-corrected chi connectivity index (χ2v) is 2.30. The molecule has 0 spiro atoms. The van der Waals surface area contributed by atoms with Crippen LogP contribution in [0.15, 0.2) is 24.3 Å². The Bertz CT molecular complexity index is 369. The zero-order valence-corrected chi connectivity index (χ0v) is 5.65. The lowest BCUT2D eigenvalue weighted by atomic mass is 10.3. The monoisotopic (exact) mass is 148 g/mol. The van der Waals surface area contributed by atoms with Gasteiger partial charge < -0.3 is 10.2 Å². The van der Waals surface area contributed by atoms with E-state index in [4.69, 9.17) is 10.2 Å². The zero-order chi connectivity index (χ0) is 7.84. The summed E-state index contributed by atoms with van der Waals surface area (Å²) in [6.07, 6.45) is 0. The molecule has 2 N–H and O–H groups in total. The normalized spacial score (nSPS) is 14.5. The smallest absolute Gasteiger partial charge is 0.222 e. The Morgan fingerprint density at radius 2 is 1.36 bits per heavy atom. The van der Waals surface area contributed by atoms with Crippen molar-refractivity contribution < 1.29 is 10.2 Å². The third kappa shape index (κ3) is 0.741. The van der Waals surface area contributed by atoms with Crippen LogP contribution in [0.4, 0.5) is 0 Å². The van der Waals surface area contributed by atoms with Crippen LogP contribution in [0.2, 0.25) is 0 Å². The topological polar surface area (TPSA) is 54.6 Å². The predicted molar refractivity (Wildman–Crippen MR) is 39.9 cm³/mol. The highest BCUT2D eigenvalue weighted by atomic mass is 16.3. The summed E-state index contributed by atoms with van der Waals surface area (Å²) in [5.74, 6) is -0.226. The molecule has 0 aliphatic carbocycles. The van der Waals surface area contributed by atoms with Gasteiger partial charge in [-0.25, -0.2) is 0 Å². The summed E-state index contributed by atoms with van der Waals surface area (Å²) in [6.45, 7) is 0. The average Bonchev–Trinajstić information content (AvgIpc) is 2.30. The van der Waals surface area contributed by atoms with Crippen molar-refractivity contribution in [2.75, 3.05) is 0 Å². The van der Waals surface area contributed by atoms with Crippen LogP contribution in [0.3, 0.4) is 0 Å². The second kappa shape index (κ2) is 1.92. The molecule has 2 rings (SSSR count). The first-order chi connectivity index (χ1) is 5.29. The first-order valence-electron chi connectivity index (χ1n) is 3.22. The molecule has 0 saturated heterocycles. The van der Waals surface area contributed by atoms with Gasteiger partial charge in [-0.3, -0.25) is 0 Å². The van der Waals surface area contributed by atoms with Crippen molar-refractivity contribution in [1.82, 2.24) is 5.32 Å². The highest BCUT2D eigenvalue weighted by Crippen LogP contribution is 1.93. The molecule has 1 radical (unpaired) electrons. The van der Waals surface area contributed by atoms with Crippen molar-refractivity contribution in [2.24, 2.45) is 0 Å². The maximum absolute atomic E-state index is 9.12. The molecule has 1 aromatic carbocycles. The van der Waals surface area contributed by atoms with Crippen LogP contribution in [-0.2, 0) is 0 Å². The van der Waals surface area contributed by atoms with Crippen molar-refractivity contribution in [2.45, 2.75) is 0 Å². The van der Waals surface area contributed by atoms with Crippen LogP contribution < -0.4 is 15.8 Å². The Morgan fingerprint density at radius 1 is 0.909 bits per heavy atom. The maximum Gasteiger partial charge on any atom is 0.222 e. The molecule has 1 aromatic rings. The number of benzene rings is 1. The van der Waals surface area contributed by atoms with Crippen LogP contribution in [-0.4, -0.2) is 10.2 Å². The van der Waals surface area contributed by atoms with E-state index >= 15 is 0 Å². The zero-order valence-electron chi connectivity index (χ0n) is 5.65. The molecule has 0 aromatic heterocycles. The highest BCUT2D eigenvalue weighted by Gasteiger charge is 2.10. The molecule has 55 valence electrons. The summed E-state index contributed by atoms with van der Waals surface area (Å²) >= 11 is 0. The Morgan fingerprint density at radius 3 is 1.82 bits per heavy atom. The lowest BCUT2D eigenvalue weighted by Crippen LogP contribution is -2.23. The molecule has 11 heavy (non-hydrogen) atoms. The fourth-order valence-corrected chi connectivity index (χ4v) is 1.09. The van der Waals surface area contributed by atoms with E-state index < -0.39 is 0 Å². The summed E-state index contributed by atoms with van der Waals surface area (Å²) in [5.41, 5.74) is 0. The van der Waals surface area contributed by atoms with Crippen molar-refractivity contribution in [3.63, 3.8) is 0 Å². The van der Waals surface area contributed by atoms with Gasteiger partial charge in [-0.05, 0) is 12.1 Å². The molecular weight excluding hydrogens is 142 g/mol. The van der Waals surface area contributed by atoms with Gasteiger partial charge in [-0.2, -0.15) is 5.32 Å². The van der Waals surface area contributed by atoms with Gasteiger partial charge in [-0.1, -0.05) is 12.1 Å². The Kier molecular flexibility index (Phi) is 1.06. The summed E-state index contributed by atoms with van der Waals surface area (Å²) < 4.78 is 0. The molecule has 0 fully saturated rings. The van der Waals surface area contributed by atoms with Crippen molar-refractivity contribution >= 4 is 11.8 Å². The first kappa shape index (κ1) is 6.09. The fourth-order valence-electron chi connectivity index (χ4n) is 1.09. The number of nitrogens with zero attached hydrogens (tertiary/aromatic N) is 1. The van der Waals surface area contributed by atoms with E-state index in [1.54, 1.807) is 24.3 Å². The molecular formula is C8H6NO2. The Hall–Kier alpha value is -1.64. The van der Waals surface area contributed by atoms with E-state index in [0.717, 1.165) is 0 Å². The van der Waals surface area contributed by atoms with E-state index in [1.165, 1.54) is 0 Å². The molecule has 0 bridgehead atoms. The highest BCUT2D eigenvalue weighted by molar-refractivity contribution is 5.53. The molecule has 1 aliphatic heterocycles. The SMILES string of the molecule is OC1=c2ccccc2=C(O)[N]1. The quantitative estimate of drug-likeness (QED) is 0.523. The van der Waals surface area contributed by atoms with E-state index in [1.807, 2.05) is 0 Å². The minimum atomic E-state index is -0.113. The second-order valence-electron chi connectivity index (χ2n) is 2.30. The van der Waals surface area contributed by atoms with Crippen LogP contribution in [0.25, 0.3) is 11.8 Å². The van der Waals surface area contributed by atoms with Crippen molar-refractivity contribution in [3.05, 3.63) is 34.7 Å². The van der Waals surface area contributed by atoms with Gasteiger partial charge in [0.2, 0.25) is 11.8 Å². The van der Waals surface area contributed by atoms with Gasteiger partial charge in [0.25, 0.3) is 0 Å². The van der Waals surface area contributed by atoms with E-state index in [9.17, 15) is 0 Å². The summed E-state index contributed by atoms with van der Waals surface area (Å²) in [6, 6.07) is 6.97. The van der Waals surface area contributed by atoms with Gasteiger partial charge >= 0.3 is 0 Å². The maximum atomic E-state index is 9.12. The third-order valence-corrected chi connectivity index (χ3v) is 1.62. The molecule has 0 amide bonds. The van der Waals surface area contributed by atoms with E-state index in [-0.39, 0.29) is 11.8 Å². The number of fused-ring (bicyclic) bond motifs is 1. The van der Waals surface area contributed by atoms with Crippen LogP contribution in [0, 0.1) is 0 Å². The Labute approximate surface area is 62.9 Å². The van der Waals surface area contributed by atoms with Gasteiger partial charge in [0.15, 0.2) is 0 Å². The minimum Gasteiger partial charge on any atom is -0.493 e. The van der Waals surface area contributed by atoms with Crippen LogP contribution in [0.5, 0.6) is 0 Å². The van der Waals surface area contributed by atoms with Crippen LogP contribution >= 0.6 is 0 Å². The fraction of sp³-hybridized carbons (Fsp3) is 0. The predicted octanol–water partition coefficient (Wildman–Crippen LogP) is -0.448. The van der Waals surface area contributed by atoms with E-state index in [2.05, 4.69) is 5.32 Å². The number of aliphatic hydroxyl groups excluding tert-OH is 2. The molecule has 0 saturated carbocycles. The summed E-state index contributed by atoms with van der Waals surface area (Å²) in [7, 11) is 0. The largest absolute Gasteiger partial charge is 0.493 e. The van der Waals surface area contributed by atoms with Crippen molar-refractivity contribution in [3.8, 4) is 0 Å². The average molecular weight is 148 g/mol. The molecule has 0 atom stereocenters. The summed E-state index contributed by atoms with van der Waals surface area (Å²) in [4.78, 5) is 0. The lowest BCUT2D eigenvalue weighted by molar-refractivity contribution is 0.432. The number of hydrogen-bond donors (Lipinski definition) is 2. The number of rotatable bonds is 0. The standard InChI is InChI=1S/C8H6NO2/c10-7-5-3-1-2-4-6(5)8(11)9-7/h1-4,10-11H. The molecule has 3 heteroatoms. The molecule has 1 aliphatic rings. The molecule has 3 nitrogen and oxygen atoms in total. The Balaban J connectivity index is 2.98. The third-order valence-electron chi connectivity index (χ3n) is 1.62. The van der Waals surface area contributed by atoms with Gasteiger partial charge in [0.1, 0.15) is 0 Å². The van der Waals surface area contributed by atoms with Gasteiger partial charge in [0.05, 0.1) is 0 Å².